The zero-order valence-corrected chi connectivity index (χ0v) is 7.15. The van der Waals surface area contributed by atoms with Crippen LogP contribution in [0.4, 0.5) is 0 Å². The molecule has 76 valence electrons. The third kappa shape index (κ3) is 2.30. The summed E-state index contributed by atoms with van der Waals surface area (Å²) in [6.45, 7) is -0.0312. The van der Waals surface area contributed by atoms with E-state index in [1.807, 2.05) is 9.97 Å². The summed E-state index contributed by atoms with van der Waals surface area (Å²) in [6.07, 6.45) is 1.08. The van der Waals surface area contributed by atoms with Gasteiger partial charge in [-0.1, -0.05) is 0 Å². The molecule has 0 bridgehead atoms. The van der Waals surface area contributed by atoms with Gasteiger partial charge in [-0.3, -0.25) is 19.8 Å². The summed E-state index contributed by atoms with van der Waals surface area (Å²) in [6, 6.07) is 0. The van der Waals surface area contributed by atoms with Gasteiger partial charge in [-0.05, 0) is 0 Å². The van der Waals surface area contributed by atoms with E-state index in [0.717, 1.165) is 6.21 Å². The summed E-state index contributed by atoms with van der Waals surface area (Å²) in [7, 11) is 0. The lowest BCUT2D eigenvalue weighted by Gasteiger charge is -1.95. The van der Waals surface area contributed by atoms with E-state index >= 15 is 0 Å². The minimum absolute atomic E-state index is 0.123. The molecule has 0 aliphatic rings. The van der Waals surface area contributed by atoms with Crippen molar-refractivity contribution >= 4 is 6.21 Å². The topological polar surface area (TPSA) is 119 Å². The summed E-state index contributed by atoms with van der Waals surface area (Å²) in [4.78, 5) is 29.3. The number of nitrogens with zero attached hydrogens (tertiary/aromatic N) is 1. The first-order valence-corrected chi connectivity index (χ1v) is 3.81. The van der Waals surface area contributed by atoms with Gasteiger partial charge >= 0.3 is 5.69 Å². The molecule has 7 nitrogen and oxygen atoms in total. The molecule has 0 radical (unpaired) electrons. The summed E-state index contributed by atoms with van der Waals surface area (Å²) < 4.78 is 0. The van der Waals surface area contributed by atoms with Crippen LogP contribution in [0.15, 0.2) is 14.6 Å². The first-order chi connectivity index (χ1) is 6.65. The number of nitrogens with one attached hydrogen (secondary N) is 2. The number of hydrogen-bond donors (Lipinski definition) is 4. The highest BCUT2D eigenvalue weighted by Gasteiger charge is 2.04. The smallest absolute Gasteiger partial charge is 0.328 e. The van der Waals surface area contributed by atoms with Crippen molar-refractivity contribution in [2.24, 2.45) is 4.99 Å². The van der Waals surface area contributed by atoms with Crippen molar-refractivity contribution in [3.05, 3.63) is 26.4 Å². The maximum atomic E-state index is 11.1. The third-order valence-electron chi connectivity index (χ3n) is 1.41. The predicted octanol–water partition coefficient (Wildman–Crippen LogP) is -1.82. The molecule has 1 aromatic heterocycles. The molecule has 0 unspecified atom stereocenters. The van der Waals surface area contributed by atoms with Gasteiger partial charge in [0, 0.05) is 6.21 Å². The summed E-state index contributed by atoms with van der Waals surface area (Å²) >= 11 is 0. The molecular formula is C7H9N3O4. The van der Waals surface area contributed by atoms with Crippen LogP contribution in [0.3, 0.4) is 0 Å². The Labute approximate surface area is 77.8 Å². The molecule has 1 aromatic rings. The molecular weight excluding hydrogens is 190 g/mol. The van der Waals surface area contributed by atoms with Gasteiger partial charge in [-0.15, -0.1) is 0 Å². The van der Waals surface area contributed by atoms with Crippen LogP contribution in [0.2, 0.25) is 0 Å². The van der Waals surface area contributed by atoms with Crippen LogP contribution in [0, 0.1) is 0 Å². The molecule has 0 saturated carbocycles. The largest absolute Gasteiger partial charge is 0.494 e. The first-order valence-electron chi connectivity index (χ1n) is 3.81. The van der Waals surface area contributed by atoms with Gasteiger partial charge < -0.3 is 10.2 Å². The van der Waals surface area contributed by atoms with E-state index in [-0.39, 0.29) is 18.7 Å². The van der Waals surface area contributed by atoms with E-state index in [2.05, 4.69) is 4.99 Å². The van der Waals surface area contributed by atoms with Crippen LogP contribution in [-0.4, -0.2) is 39.5 Å². The van der Waals surface area contributed by atoms with Crippen molar-refractivity contribution in [2.45, 2.75) is 0 Å². The van der Waals surface area contributed by atoms with Crippen LogP contribution in [0.1, 0.15) is 5.56 Å². The number of aromatic hydroxyl groups is 1. The molecule has 0 aliphatic heterocycles. The maximum absolute atomic E-state index is 11.1. The molecule has 0 amide bonds. The predicted molar refractivity (Wildman–Crippen MR) is 48.9 cm³/mol. The number of H-pyrrole nitrogens is 2. The first kappa shape index (κ1) is 10.2. The van der Waals surface area contributed by atoms with Crippen LogP contribution < -0.4 is 11.2 Å². The van der Waals surface area contributed by atoms with Crippen molar-refractivity contribution in [1.82, 2.24) is 9.97 Å². The third-order valence-corrected chi connectivity index (χ3v) is 1.41. The minimum Gasteiger partial charge on any atom is -0.494 e. The lowest BCUT2D eigenvalue weighted by atomic mass is 10.3. The number of aromatic amines is 2. The van der Waals surface area contributed by atoms with E-state index in [4.69, 9.17) is 10.2 Å². The van der Waals surface area contributed by atoms with Crippen LogP contribution in [0.5, 0.6) is 5.88 Å². The zero-order valence-electron chi connectivity index (χ0n) is 7.15. The highest BCUT2D eigenvalue weighted by Crippen LogP contribution is 2.00. The van der Waals surface area contributed by atoms with Crippen molar-refractivity contribution < 1.29 is 10.2 Å². The van der Waals surface area contributed by atoms with E-state index in [1.165, 1.54) is 0 Å². The lowest BCUT2D eigenvalue weighted by molar-refractivity contribution is 0.307. The number of aliphatic hydroxyl groups excluding tert-OH is 1. The van der Waals surface area contributed by atoms with Crippen LogP contribution in [0.25, 0.3) is 0 Å². The number of aliphatic imine (C=N–C) groups is 1. The summed E-state index contributed by atoms with van der Waals surface area (Å²) in [5.41, 5.74) is -1.65. The fraction of sp³-hybridized carbons (Fsp3) is 0.286. The molecule has 7 heteroatoms. The molecule has 1 rings (SSSR count). The fourth-order valence-electron chi connectivity index (χ4n) is 0.817. The standard InChI is InChI=1S/C7H9N3O4/c11-2-1-8-3-4-5(12)9-7(14)10-6(4)13/h3,11H,1-2H2,(H3,9,10,12,13,14). The molecule has 0 saturated heterocycles. The fourth-order valence-corrected chi connectivity index (χ4v) is 0.817. The van der Waals surface area contributed by atoms with Gasteiger partial charge in [0.15, 0.2) is 0 Å². The average molecular weight is 199 g/mol. The lowest BCUT2D eigenvalue weighted by Crippen LogP contribution is -2.24. The van der Waals surface area contributed by atoms with Gasteiger partial charge in [-0.2, -0.15) is 0 Å². The number of hydrogen-bond acceptors (Lipinski definition) is 5. The highest BCUT2D eigenvalue weighted by atomic mass is 16.3. The second-order valence-electron chi connectivity index (χ2n) is 2.43. The maximum Gasteiger partial charge on any atom is 0.328 e. The minimum atomic E-state index is -0.785. The van der Waals surface area contributed by atoms with E-state index in [9.17, 15) is 9.59 Å². The van der Waals surface area contributed by atoms with E-state index in [1.54, 1.807) is 0 Å². The molecule has 0 aromatic carbocycles. The SMILES string of the molecule is O=c1[nH]c(O)c(C=NCCO)c(=O)[nH]1. The van der Waals surface area contributed by atoms with E-state index in [0.29, 0.717) is 0 Å². The molecule has 0 fully saturated rings. The Bertz CT molecular complexity index is 445. The Morgan fingerprint density at radius 1 is 1.36 bits per heavy atom. The van der Waals surface area contributed by atoms with Crippen molar-refractivity contribution in [3.8, 4) is 5.88 Å². The highest BCUT2D eigenvalue weighted by molar-refractivity contribution is 5.81. The molecule has 1 heterocycles. The number of rotatable bonds is 3. The molecule has 14 heavy (non-hydrogen) atoms. The Morgan fingerprint density at radius 3 is 2.64 bits per heavy atom. The number of aromatic nitrogens is 2. The average Bonchev–Trinajstić information content (AvgIpc) is 2.09. The van der Waals surface area contributed by atoms with Crippen LogP contribution >= 0.6 is 0 Å². The van der Waals surface area contributed by atoms with Gasteiger partial charge in [0.2, 0.25) is 5.88 Å². The van der Waals surface area contributed by atoms with Crippen LogP contribution in [-0.2, 0) is 0 Å². The molecule has 0 atom stereocenters. The molecule has 0 spiro atoms. The normalized spacial score (nSPS) is 10.9. The Balaban J connectivity index is 3.09. The summed E-state index contributed by atoms with van der Waals surface area (Å²) in [5, 5.41) is 17.5. The molecule has 0 aliphatic carbocycles. The van der Waals surface area contributed by atoms with Gasteiger partial charge in [0.1, 0.15) is 5.56 Å². The zero-order chi connectivity index (χ0) is 10.6. The second-order valence-corrected chi connectivity index (χ2v) is 2.43. The Hall–Kier alpha value is -1.89. The monoisotopic (exact) mass is 199 g/mol. The van der Waals surface area contributed by atoms with Gasteiger partial charge in [0.25, 0.3) is 5.56 Å². The molecule has 4 N–H and O–H groups in total. The van der Waals surface area contributed by atoms with Crippen molar-refractivity contribution in [2.75, 3.05) is 13.2 Å². The second kappa shape index (κ2) is 4.38. The van der Waals surface area contributed by atoms with E-state index < -0.39 is 17.1 Å². The van der Waals surface area contributed by atoms with Crippen molar-refractivity contribution in [3.63, 3.8) is 0 Å². The Morgan fingerprint density at radius 2 is 2.07 bits per heavy atom. The Kier molecular flexibility index (Phi) is 3.19. The van der Waals surface area contributed by atoms with Gasteiger partial charge in [0.05, 0.1) is 13.2 Å². The van der Waals surface area contributed by atoms with Gasteiger partial charge in [-0.25, -0.2) is 4.79 Å². The number of aliphatic hydroxyl groups is 1. The summed E-state index contributed by atoms with van der Waals surface area (Å²) in [5.74, 6) is -0.541. The van der Waals surface area contributed by atoms with Crippen molar-refractivity contribution in [1.29, 1.82) is 0 Å². The quantitative estimate of drug-likeness (QED) is 0.428.